The van der Waals surface area contributed by atoms with Crippen LogP contribution in [0, 0.1) is 11.6 Å². The molecule has 0 bridgehead atoms. The van der Waals surface area contributed by atoms with Gasteiger partial charge >= 0.3 is 5.97 Å². The molecule has 0 saturated heterocycles. The van der Waals surface area contributed by atoms with Crippen molar-refractivity contribution in [1.82, 2.24) is 0 Å². The molecule has 3 nitrogen and oxygen atoms in total. The number of halogens is 2. The lowest BCUT2D eigenvalue weighted by Gasteiger charge is -2.06. The van der Waals surface area contributed by atoms with Crippen LogP contribution in [0.25, 0.3) is 11.1 Å². The van der Waals surface area contributed by atoms with Crippen LogP contribution in [-0.4, -0.2) is 16.2 Å². The minimum absolute atomic E-state index is 0.101. The van der Waals surface area contributed by atoms with Crippen molar-refractivity contribution in [3.05, 3.63) is 53.6 Å². The molecule has 0 spiro atoms. The predicted molar refractivity (Wildman–Crippen MR) is 60.4 cm³/mol. The number of carbonyl (C=O) groups is 1. The van der Waals surface area contributed by atoms with Gasteiger partial charge in [-0.25, -0.2) is 13.6 Å². The third kappa shape index (κ3) is 2.15. The molecule has 0 atom stereocenters. The van der Waals surface area contributed by atoms with Crippen LogP contribution in [0.3, 0.4) is 0 Å². The topological polar surface area (TPSA) is 57.5 Å². The van der Waals surface area contributed by atoms with Crippen LogP contribution < -0.4 is 0 Å². The van der Waals surface area contributed by atoms with Gasteiger partial charge in [0.15, 0.2) is 11.6 Å². The summed E-state index contributed by atoms with van der Waals surface area (Å²) in [6, 6.07) is 6.93. The quantitative estimate of drug-likeness (QED) is 0.861. The Morgan fingerprint density at radius 2 is 1.83 bits per heavy atom. The van der Waals surface area contributed by atoms with Crippen molar-refractivity contribution in [2.45, 2.75) is 0 Å². The van der Waals surface area contributed by atoms with E-state index in [-0.39, 0.29) is 22.4 Å². The summed E-state index contributed by atoms with van der Waals surface area (Å²) < 4.78 is 26.6. The van der Waals surface area contributed by atoms with E-state index < -0.39 is 17.6 Å². The average Bonchev–Trinajstić information content (AvgIpc) is 2.31. The molecule has 5 heteroatoms. The van der Waals surface area contributed by atoms with Crippen molar-refractivity contribution in [3.8, 4) is 16.9 Å². The summed E-state index contributed by atoms with van der Waals surface area (Å²) in [5.41, 5.74) is -0.202. The number of phenolic OH excluding ortho intramolecular Hbond substituents is 1. The Hall–Kier alpha value is -2.43. The smallest absolute Gasteiger partial charge is 0.335 e. The van der Waals surface area contributed by atoms with E-state index in [1.165, 1.54) is 24.3 Å². The van der Waals surface area contributed by atoms with Crippen molar-refractivity contribution >= 4 is 5.97 Å². The second kappa shape index (κ2) is 4.44. The Balaban J connectivity index is 2.64. The van der Waals surface area contributed by atoms with Crippen molar-refractivity contribution in [2.24, 2.45) is 0 Å². The van der Waals surface area contributed by atoms with Gasteiger partial charge in [-0.1, -0.05) is 12.1 Å². The molecule has 2 aromatic carbocycles. The van der Waals surface area contributed by atoms with Gasteiger partial charge in [-0.15, -0.1) is 0 Å². The van der Waals surface area contributed by atoms with Crippen LogP contribution in [-0.2, 0) is 0 Å². The molecule has 0 saturated carbocycles. The van der Waals surface area contributed by atoms with E-state index in [0.29, 0.717) is 0 Å². The summed E-state index contributed by atoms with van der Waals surface area (Å²) in [5, 5.41) is 18.2. The molecule has 92 valence electrons. The third-order valence-electron chi connectivity index (χ3n) is 2.43. The summed E-state index contributed by atoms with van der Waals surface area (Å²) in [4.78, 5) is 10.8. The van der Waals surface area contributed by atoms with Crippen LogP contribution in [0.1, 0.15) is 10.4 Å². The third-order valence-corrected chi connectivity index (χ3v) is 2.43. The van der Waals surface area contributed by atoms with Gasteiger partial charge in [-0.2, -0.15) is 0 Å². The Morgan fingerprint density at radius 3 is 2.50 bits per heavy atom. The van der Waals surface area contributed by atoms with E-state index in [1.54, 1.807) is 0 Å². The molecule has 2 rings (SSSR count). The van der Waals surface area contributed by atoms with Crippen LogP contribution in [0.15, 0.2) is 36.4 Å². The monoisotopic (exact) mass is 250 g/mol. The number of aromatic carboxylic acids is 1. The average molecular weight is 250 g/mol. The van der Waals surface area contributed by atoms with Crippen molar-refractivity contribution in [3.63, 3.8) is 0 Å². The van der Waals surface area contributed by atoms with E-state index in [4.69, 9.17) is 5.11 Å². The highest BCUT2D eigenvalue weighted by Crippen LogP contribution is 2.28. The Bertz CT molecular complexity index is 624. The largest absolute Gasteiger partial charge is 0.508 e. The lowest BCUT2D eigenvalue weighted by Crippen LogP contribution is -1.97. The summed E-state index contributed by atoms with van der Waals surface area (Å²) >= 11 is 0. The number of rotatable bonds is 2. The number of carboxylic acid groups (broad SMARTS) is 1. The van der Waals surface area contributed by atoms with Crippen LogP contribution >= 0.6 is 0 Å². The molecule has 0 heterocycles. The molecule has 0 aromatic heterocycles. The molecule has 0 aliphatic carbocycles. The minimum atomic E-state index is -1.26. The van der Waals surface area contributed by atoms with E-state index >= 15 is 0 Å². The van der Waals surface area contributed by atoms with Crippen LogP contribution in [0.4, 0.5) is 8.78 Å². The van der Waals surface area contributed by atoms with Crippen molar-refractivity contribution in [1.29, 1.82) is 0 Å². The Morgan fingerprint density at radius 1 is 1.11 bits per heavy atom. The van der Waals surface area contributed by atoms with E-state index in [9.17, 15) is 18.7 Å². The zero-order chi connectivity index (χ0) is 13.3. The number of hydrogen-bond donors (Lipinski definition) is 2. The fourth-order valence-corrected chi connectivity index (χ4v) is 1.62. The first-order valence-corrected chi connectivity index (χ1v) is 5.01. The lowest BCUT2D eigenvalue weighted by atomic mass is 10.0. The maximum atomic E-state index is 13.5. The van der Waals surface area contributed by atoms with Gasteiger partial charge < -0.3 is 10.2 Å². The minimum Gasteiger partial charge on any atom is -0.508 e. The molecule has 0 amide bonds. The zero-order valence-electron chi connectivity index (χ0n) is 9.02. The fraction of sp³-hybridized carbons (Fsp3) is 0. The molecular formula is C13H8F2O3. The van der Waals surface area contributed by atoms with Gasteiger partial charge in [0.1, 0.15) is 5.75 Å². The first kappa shape index (κ1) is 12.0. The maximum Gasteiger partial charge on any atom is 0.335 e. The summed E-state index contributed by atoms with van der Waals surface area (Å²) in [6.45, 7) is 0. The SMILES string of the molecule is O=C(O)c1cc(O)cc(-c2cccc(F)c2F)c1. The molecule has 2 N–H and O–H groups in total. The number of aromatic hydroxyl groups is 1. The Labute approximate surface area is 101 Å². The molecular weight excluding hydrogens is 242 g/mol. The lowest BCUT2D eigenvalue weighted by molar-refractivity contribution is 0.0696. The van der Waals surface area contributed by atoms with Gasteiger partial charge in [0.05, 0.1) is 5.56 Å². The number of carboxylic acids is 1. The van der Waals surface area contributed by atoms with Gasteiger partial charge in [-0.3, -0.25) is 0 Å². The van der Waals surface area contributed by atoms with Crippen molar-refractivity contribution in [2.75, 3.05) is 0 Å². The molecule has 0 fully saturated rings. The first-order valence-electron chi connectivity index (χ1n) is 5.01. The number of phenols is 1. The standard InChI is InChI=1S/C13H8F2O3/c14-11-3-1-2-10(12(11)15)7-4-8(13(17)18)6-9(16)5-7/h1-6,16H,(H,17,18). The summed E-state index contributed by atoms with van der Waals surface area (Å²) in [7, 11) is 0. The predicted octanol–water partition coefficient (Wildman–Crippen LogP) is 3.04. The maximum absolute atomic E-state index is 13.5. The zero-order valence-corrected chi connectivity index (χ0v) is 9.02. The molecule has 0 aliphatic heterocycles. The van der Waals surface area contributed by atoms with E-state index in [2.05, 4.69) is 0 Å². The molecule has 18 heavy (non-hydrogen) atoms. The second-order valence-electron chi connectivity index (χ2n) is 3.68. The highest BCUT2D eigenvalue weighted by atomic mass is 19.2. The van der Waals surface area contributed by atoms with Crippen LogP contribution in [0.5, 0.6) is 5.75 Å². The summed E-state index contributed by atoms with van der Waals surface area (Å²) in [5.74, 6) is -3.70. The van der Waals surface area contributed by atoms with Gasteiger partial charge in [-0.05, 0) is 29.8 Å². The van der Waals surface area contributed by atoms with Gasteiger partial charge in [0.2, 0.25) is 0 Å². The fourth-order valence-electron chi connectivity index (χ4n) is 1.62. The molecule has 0 unspecified atom stereocenters. The Kier molecular flexibility index (Phi) is 2.97. The number of hydrogen-bond acceptors (Lipinski definition) is 2. The second-order valence-corrected chi connectivity index (χ2v) is 3.68. The van der Waals surface area contributed by atoms with E-state index in [0.717, 1.165) is 12.1 Å². The highest BCUT2D eigenvalue weighted by molar-refractivity contribution is 5.90. The van der Waals surface area contributed by atoms with Crippen molar-refractivity contribution < 1.29 is 23.8 Å². The molecule has 2 aromatic rings. The van der Waals surface area contributed by atoms with Crippen LogP contribution in [0.2, 0.25) is 0 Å². The number of benzene rings is 2. The summed E-state index contributed by atoms with van der Waals surface area (Å²) in [6.07, 6.45) is 0. The van der Waals surface area contributed by atoms with E-state index in [1.807, 2.05) is 0 Å². The molecule has 0 radical (unpaired) electrons. The van der Waals surface area contributed by atoms with Gasteiger partial charge in [0, 0.05) is 5.56 Å². The normalized spacial score (nSPS) is 10.3. The van der Waals surface area contributed by atoms with Gasteiger partial charge in [0.25, 0.3) is 0 Å². The highest BCUT2D eigenvalue weighted by Gasteiger charge is 2.13. The molecule has 0 aliphatic rings. The first-order chi connectivity index (χ1) is 8.49.